The summed E-state index contributed by atoms with van der Waals surface area (Å²) in [6.07, 6.45) is 2.63. The van der Waals surface area contributed by atoms with Crippen LogP contribution in [0.15, 0.2) is 48.5 Å². The van der Waals surface area contributed by atoms with E-state index in [9.17, 15) is 10.5 Å². The lowest BCUT2D eigenvalue weighted by molar-refractivity contribution is 0.689. The highest BCUT2D eigenvalue weighted by molar-refractivity contribution is 5.85. The molecule has 3 aromatic heterocycles. The van der Waals surface area contributed by atoms with Crippen molar-refractivity contribution in [2.75, 3.05) is 0 Å². The molecule has 0 saturated carbocycles. The van der Waals surface area contributed by atoms with E-state index in [4.69, 9.17) is 4.98 Å². The van der Waals surface area contributed by atoms with Crippen molar-refractivity contribution in [2.45, 2.75) is 32.7 Å². The van der Waals surface area contributed by atoms with Crippen molar-refractivity contribution in [3.8, 4) is 34.7 Å². The van der Waals surface area contributed by atoms with Gasteiger partial charge in [0.05, 0.1) is 6.54 Å². The van der Waals surface area contributed by atoms with Gasteiger partial charge in [-0.2, -0.15) is 15.7 Å². The second-order valence-corrected chi connectivity index (χ2v) is 7.97. The highest BCUT2D eigenvalue weighted by atomic mass is 15.5. The number of aryl methyl sites for hydroxylation is 1. The Morgan fingerprint density at radius 1 is 0.886 bits per heavy atom. The standard InChI is InChI=1S/C25H20N10/c1-2-3-12-22-28-23-20(13-26)29-30-21(14-27)24(23)35(22)15-16-8-4-5-9-17(16)18-10-6-7-11-19(18)25-31-33-34-32-25/h4-11H,2-3,12,15H2,1H3,(H,31,32,33,34). The Balaban J connectivity index is 1.70. The topological polar surface area (TPSA) is 146 Å². The molecule has 10 nitrogen and oxygen atoms in total. The van der Waals surface area contributed by atoms with Crippen LogP contribution in [0.1, 0.15) is 42.5 Å². The fraction of sp³-hybridized carbons (Fsp3) is 0.200. The van der Waals surface area contributed by atoms with E-state index in [1.165, 1.54) is 0 Å². The highest BCUT2D eigenvalue weighted by Crippen LogP contribution is 2.33. The van der Waals surface area contributed by atoms with Crippen LogP contribution in [0.2, 0.25) is 0 Å². The number of aromatic nitrogens is 8. The van der Waals surface area contributed by atoms with E-state index in [0.29, 0.717) is 29.8 Å². The molecule has 0 aliphatic carbocycles. The van der Waals surface area contributed by atoms with Gasteiger partial charge in [0, 0.05) is 12.0 Å². The van der Waals surface area contributed by atoms with Gasteiger partial charge >= 0.3 is 0 Å². The summed E-state index contributed by atoms with van der Waals surface area (Å²) < 4.78 is 1.99. The predicted molar refractivity (Wildman–Crippen MR) is 128 cm³/mol. The summed E-state index contributed by atoms with van der Waals surface area (Å²) in [4.78, 5) is 4.74. The number of hydrogen-bond acceptors (Lipinski definition) is 8. The van der Waals surface area contributed by atoms with Crippen LogP contribution >= 0.6 is 0 Å². The molecule has 0 aliphatic heterocycles. The fourth-order valence-electron chi connectivity index (χ4n) is 4.23. The molecule has 2 aromatic carbocycles. The lowest BCUT2D eigenvalue weighted by atomic mass is 9.95. The molecule has 10 heteroatoms. The Kier molecular flexibility index (Phi) is 5.93. The number of benzene rings is 2. The van der Waals surface area contributed by atoms with E-state index >= 15 is 0 Å². The van der Waals surface area contributed by atoms with Crippen molar-refractivity contribution in [1.29, 1.82) is 10.5 Å². The number of rotatable bonds is 7. The number of hydrogen-bond donors (Lipinski definition) is 1. The summed E-state index contributed by atoms with van der Waals surface area (Å²) >= 11 is 0. The quantitative estimate of drug-likeness (QED) is 0.386. The second kappa shape index (κ2) is 9.49. The van der Waals surface area contributed by atoms with Gasteiger partial charge in [-0.1, -0.05) is 61.9 Å². The number of tetrazole rings is 1. The molecule has 0 aliphatic rings. The van der Waals surface area contributed by atoms with Gasteiger partial charge in [0.1, 0.15) is 29.0 Å². The summed E-state index contributed by atoms with van der Waals surface area (Å²) in [6.45, 7) is 2.55. The maximum atomic E-state index is 9.75. The Hall–Kier alpha value is -4.96. The molecule has 0 atom stereocenters. The SMILES string of the molecule is CCCCc1nc2c(C#N)nnc(C#N)c2n1Cc1ccccc1-c1ccccc1-c1nn[nH]n1. The fourth-order valence-corrected chi connectivity index (χ4v) is 4.23. The number of nitriles is 2. The van der Waals surface area contributed by atoms with Gasteiger partial charge in [-0.3, -0.25) is 0 Å². The van der Waals surface area contributed by atoms with Crippen LogP contribution in [-0.2, 0) is 13.0 Å². The Bertz CT molecular complexity index is 1590. The van der Waals surface area contributed by atoms with Gasteiger partial charge in [0.2, 0.25) is 5.82 Å². The van der Waals surface area contributed by atoms with Crippen LogP contribution in [0.4, 0.5) is 0 Å². The minimum absolute atomic E-state index is 0.117. The summed E-state index contributed by atoms with van der Waals surface area (Å²) in [7, 11) is 0. The molecular weight excluding hydrogens is 440 g/mol. The van der Waals surface area contributed by atoms with Gasteiger partial charge in [-0.15, -0.1) is 20.4 Å². The van der Waals surface area contributed by atoms with E-state index in [2.05, 4.69) is 49.9 Å². The normalized spacial score (nSPS) is 10.8. The number of nitrogens with zero attached hydrogens (tertiary/aromatic N) is 9. The monoisotopic (exact) mass is 460 g/mol. The maximum Gasteiger partial charge on any atom is 0.205 e. The van der Waals surface area contributed by atoms with E-state index in [1.807, 2.05) is 53.1 Å². The molecule has 5 rings (SSSR count). The third kappa shape index (κ3) is 3.98. The van der Waals surface area contributed by atoms with E-state index in [0.717, 1.165) is 40.9 Å². The molecule has 0 radical (unpaired) electrons. The van der Waals surface area contributed by atoms with E-state index in [1.54, 1.807) is 0 Å². The molecule has 35 heavy (non-hydrogen) atoms. The molecule has 3 heterocycles. The maximum absolute atomic E-state index is 9.75. The zero-order valence-corrected chi connectivity index (χ0v) is 19.0. The van der Waals surface area contributed by atoms with Crippen molar-refractivity contribution in [3.63, 3.8) is 0 Å². The first-order valence-corrected chi connectivity index (χ1v) is 11.2. The van der Waals surface area contributed by atoms with Crippen molar-refractivity contribution in [3.05, 3.63) is 71.3 Å². The van der Waals surface area contributed by atoms with Crippen molar-refractivity contribution in [1.82, 2.24) is 40.4 Å². The van der Waals surface area contributed by atoms with Crippen LogP contribution in [0.3, 0.4) is 0 Å². The first-order valence-electron chi connectivity index (χ1n) is 11.2. The number of imidazole rings is 1. The zero-order valence-electron chi connectivity index (χ0n) is 19.0. The number of aromatic amines is 1. The number of unbranched alkanes of at least 4 members (excludes halogenated alkanes) is 1. The summed E-state index contributed by atoms with van der Waals surface area (Å²) in [5.41, 5.74) is 5.04. The first kappa shape index (κ1) is 21.9. The highest BCUT2D eigenvalue weighted by Gasteiger charge is 2.21. The van der Waals surface area contributed by atoms with Gasteiger partial charge in [0.15, 0.2) is 11.4 Å². The second-order valence-electron chi connectivity index (χ2n) is 7.97. The zero-order chi connectivity index (χ0) is 24.2. The van der Waals surface area contributed by atoms with E-state index < -0.39 is 0 Å². The van der Waals surface area contributed by atoms with Crippen molar-refractivity contribution >= 4 is 11.0 Å². The van der Waals surface area contributed by atoms with Crippen molar-refractivity contribution < 1.29 is 0 Å². The summed E-state index contributed by atoms with van der Waals surface area (Å²) in [5, 5.41) is 41.8. The van der Waals surface area contributed by atoms with Gasteiger partial charge < -0.3 is 4.57 Å². The summed E-state index contributed by atoms with van der Waals surface area (Å²) in [5.74, 6) is 1.30. The minimum Gasteiger partial charge on any atom is -0.321 e. The van der Waals surface area contributed by atoms with E-state index in [-0.39, 0.29) is 11.4 Å². The lowest BCUT2D eigenvalue weighted by Gasteiger charge is -2.15. The average molecular weight is 461 g/mol. The molecule has 1 N–H and O–H groups in total. The van der Waals surface area contributed by atoms with Gasteiger partial charge in [0.25, 0.3) is 0 Å². The molecular formula is C25H20N10. The molecule has 5 aromatic rings. The summed E-state index contributed by atoms with van der Waals surface area (Å²) in [6, 6.07) is 20.1. The molecule has 0 bridgehead atoms. The molecule has 0 fully saturated rings. The third-order valence-electron chi connectivity index (χ3n) is 5.86. The molecule has 0 unspecified atom stereocenters. The lowest BCUT2D eigenvalue weighted by Crippen LogP contribution is -2.08. The number of fused-ring (bicyclic) bond motifs is 1. The Morgan fingerprint density at radius 2 is 1.60 bits per heavy atom. The van der Waals surface area contributed by atoms with Crippen LogP contribution in [0, 0.1) is 22.7 Å². The number of H-pyrrole nitrogens is 1. The average Bonchev–Trinajstić information content (AvgIpc) is 3.56. The first-order chi connectivity index (χ1) is 17.2. The molecule has 0 saturated heterocycles. The number of nitrogens with one attached hydrogen (secondary N) is 1. The van der Waals surface area contributed by atoms with Crippen LogP contribution < -0.4 is 0 Å². The molecule has 0 amide bonds. The van der Waals surface area contributed by atoms with Gasteiger partial charge in [-0.05, 0) is 28.3 Å². The smallest absolute Gasteiger partial charge is 0.205 e. The van der Waals surface area contributed by atoms with Gasteiger partial charge in [-0.25, -0.2) is 4.98 Å². The third-order valence-corrected chi connectivity index (χ3v) is 5.86. The Morgan fingerprint density at radius 3 is 2.31 bits per heavy atom. The molecule has 0 spiro atoms. The van der Waals surface area contributed by atoms with Crippen LogP contribution in [0.5, 0.6) is 0 Å². The minimum atomic E-state index is 0.117. The van der Waals surface area contributed by atoms with Crippen LogP contribution in [-0.4, -0.2) is 40.4 Å². The van der Waals surface area contributed by atoms with Crippen molar-refractivity contribution in [2.24, 2.45) is 0 Å². The Labute approximate surface area is 200 Å². The van der Waals surface area contributed by atoms with Crippen LogP contribution in [0.25, 0.3) is 33.5 Å². The predicted octanol–water partition coefficient (Wildman–Crippen LogP) is 3.81. The molecule has 170 valence electrons. The largest absolute Gasteiger partial charge is 0.321 e.